The van der Waals surface area contributed by atoms with E-state index in [0.717, 1.165) is 5.69 Å². The molecular weight excluding hydrogens is 188 g/mol. The van der Waals surface area contributed by atoms with Crippen LogP contribution < -0.4 is 10.7 Å². The minimum atomic E-state index is -0.0950. The van der Waals surface area contributed by atoms with Crippen molar-refractivity contribution < 1.29 is 0 Å². The summed E-state index contributed by atoms with van der Waals surface area (Å²) in [6, 6.07) is 10.0. The maximum absolute atomic E-state index is 4.32. The lowest BCUT2D eigenvalue weighted by atomic mass is 10.3. The van der Waals surface area contributed by atoms with E-state index in [9.17, 15) is 0 Å². The number of nitrogens with zero attached hydrogens (tertiary/aromatic N) is 2. The van der Waals surface area contributed by atoms with Gasteiger partial charge in [-0.2, -0.15) is 0 Å². The number of hydrogen-bond donors (Lipinski definition) is 2. The fraction of sp³-hybridized carbons (Fsp3) is 0.182. The summed E-state index contributed by atoms with van der Waals surface area (Å²) in [5.41, 5.74) is 4.10. The van der Waals surface area contributed by atoms with E-state index in [1.807, 2.05) is 54.7 Å². The van der Waals surface area contributed by atoms with Crippen molar-refractivity contribution in [1.82, 2.24) is 10.4 Å². The molecule has 2 N–H and O–H groups in total. The molecule has 0 amide bonds. The van der Waals surface area contributed by atoms with Gasteiger partial charge in [0.1, 0.15) is 0 Å². The molecule has 2 rings (SSSR count). The van der Waals surface area contributed by atoms with Gasteiger partial charge in [-0.1, -0.05) is 18.2 Å². The quantitative estimate of drug-likeness (QED) is 0.778. The number of para-hydroxylation sites is 1. The first-order chi connectivity index (χ1) is 7.40. The van der Waals surface area contributed by atoms with Crippen molar-refractivity contribution in [3.05, 3.63) is 42.6 Å². The number of rotatable bonds is 3. The third-order valence-electron chi connectivity index (χ3n) is 2.15. The lowest BCUT2D eigenvalue weighted by Crippen LogP contribution is -2.44. The number of benzene rings is 1. The van der Waals surface area contributed by atoms with Crippen LogP contribution in [0.3, 0.4) is 0 Å². The van der Waals surface area contributed by atoms with E-state index in [0.29, 0.717) is 0 Å². The lowest BCUT2D eigenvalue weighted by Gasteiger charge is -2.29. The van der Waals surface area contributed by atoms with Gasteiger partial charge in [0.05, 0.1) is 0 Å². The molecule has 0 bridgehead atoms. The number of aliphatic imine (C=N–C) groups is 1. The van der Waals surface area contributed by atoms with E-state index in [1.54, 1.807) is 6.21 Å². The van der Waals surface area contributed by atoms with Crippen LogP contribution in [-0.2, 0) is 0 Å². The van der Waals surface area contributed by atoms with Crippen LogP contribution in [0.5, 0.6) is 0 Å². The smallest absolute Gasteiger partial charge is 0.209 e. The van der Waals surface area contributed by atoms with Crippen molar-refractivity contribution >= 4 is 11.9 Å². The Balaban J connectivity index is 2.05. The Labute approximate surface area is 89.3 Å². The van der Waals surface area contributed by atoms with Gasteiger partial charge in [-0.3, -0.25) is 5.01 Å². The highest BCUT2D eigenvalue weighted by Gasteiger charge is 2.12. The Morgan fingerprint density at radius 2 is 2.07 bits per heavy atom. The van der Waals surface area contributed by atoms with Gasteiger partial charge in [-0.15, -0.1) is 0 Å². The second-order valence-electron chi connectivity index (χ2n) is 3.15. The van der Waals surface area contributed by atoms with Crippen molar-refractivity contribution in [2.75, 3.05) is 12.4 Å². The average Bonchev–Trinajstić information content (AvgIpc) is 2.31. The largest absolute Gasteiger partial charge is 0.346 e. The second kappa shape index (κ2) is 4.61. The zero-order valence-electron chi connectivity index (χ0n) is 8.59. The monoisotopic (exact) mass is 202 g/mol. The lowest BCUT2D eigenvalue weighted by molar-refractivity contribution is 0.239. The molecule has 1 aromatic rings. The predicted molar refractivity (Wildman–Crippen MR) is 62.4 cm³/mol. The molecule has 1 aliphatic heterocycles. The molecule has 0 saturated heterocycles. The van der Waals surface area contributed by atoms with Crippen LogP contribution in [0.1, 0.15) is 0 Å². The van der Waals surface area contributed by atoms with Crippen molar-refractivity contribution in [2.45, 2.75) is 6.29 Å². The maximum atomic E-state index is 4.32. The topological polar surface area (TPSA) is 39.7 Å². The summed E-state index contributed by atoms with van der Waals surface area (Å²) in [6.07, 6.45) is 5.52. The molecule has 15 heavy (non-hydrogen) atoms. The van der Waals surface area contributed by atoms with E-state index in [-0.39, 0.29) is 6.29 Å². The van der Waals surface area contributed by atoms with E-state index in [1.165, 1.54) is 0 Å². The summed E-state index contributed by atoms with van der Waals surface area (Å²) in [5.74, 6) is 0. The standard InChI is InChI=1S/C11H14N4/c1-12-15-9-5-8-13-11(15)14-10-6-3-2-4-7-10/h2-9,11-12,14H,1H3. The molecule has 4 heteroatoms. The fourth-order valence-corrected chi connectivity index (χ4v) is 1.40. The maximum Gasteiger partial charge on any atom is 0.209 e. The van der Waals surface area contributed by atoms with E-state index in [4.69, 9.17) is 0 Å². The number of anilines is 1. The Morgan fingerprint density at radius 3 is 2.80 bits per heavy atom. The Morgan fingerprint density at radius 1 is 1.27 bits per heavy atom. The summed E-state index contributed by atoms with van der Waals surface area (Å²) < 4.78 is 0. The molecule has 0 saturated carbocycles. The zero-order chi connectivity index (χ0) is 10.5. The molecule has 1 unspecified atom stereocenters. The number of nitrogens with one attached hydrogen (secondary N) is 2. The molecule has 0 spiro atoms. The van der Waals surface area contributed by atoms with Gasteiger partial charge in [0, 0.05) is 25.1 Å². The van der Waals surface area contributed by atoms with Crippen LogP contribution in [0.2, 0.25) is 0 Å². The first-order valence-electron chi connectivity index (χ1n) is 4.87. The fourth-order valence-electron chi connectivity index (χ4n) is 1.40. The summed E-state index contributed by atoms with van der Waals surface area (Å²) in [4.78, 5) is 4.32. The number of allylic oxidation sites excluding steroid dienone is 1. The normalized spacial score (nSPS) is 19.3. The zero-order valence-corrected chi connectivity index (χ0v) is 8.59. The van der Waals surface area contributed by atoms with Gasteiger partial charge in [-0.25, -0.2) is 10.4 Å². The first-order valence-corrected chi connectivity index (χ1v) is 4.87. The molecule has 4 nitrogen and oxygen atoms in total. The van der Waals surface area contributed by atoms with Crippen LogP contribution in [0.25, 0.3) is 0 Å². The Kier molecular flexibility index (Phi) is 2.99. The van der Waals surface area contributed by atoms with Crippen molar-refractivity contribution in [2.24, 2.45) is 4.99 Å². The van der Waals surface area contributed by atoms with Gasteiger partial charge in [0.2, 0.25) is 6.29 Å². The molecule has 1 heterocycles. The van der Waals surface area contributed by atoms with Crippen LogP contribution in [-0.4, -0.2) is 24.6 Å². The van der Waals surface area contributed by atoms with Crippen LogP contribution in [0, 0.1) is 0 Å². The van der Waals surface area contributed by atoms with Crippen molar-refractivity contribution in [3.8, 4) is 0 Å². The van der Waals surface area contributed by atoms with Crippen molar-refractivity contribution in [1.29, 1.82) is 0 Å². The van der Waals surface area contributed by atoms with Crippen LogP contribution in [0.4, 0.5) is 5.69 Å². The number of hydrazine groups is 1. The molecule has 1 atom stereocenters. The van der Waals surface area contributed by atoms with Gasteiger partial charge >= 0.3 is 0 Å². The highest BCUT2D eigenvalue weighted by molar-refractivity contribution is 5.72. The molecule has 0 aromatic heterocycles. The highest BCUT2D eigenvalue weighted by atomic mass is 15.6. The van der Waals surface area contributed by atoms with E-state index >= 15 is 0 Å². The van der Waals surface area contributed by atoms with Gasteiger partial charge in [-0.05, 0) is 18.2 Å². The highest BCUT2D eigenvalue weighted by Crippen LogP contribution is 2.10. The summed E-state index contributed by atoms with van der Waals surface area (Å²) in [6.45, 7) is 0. The van der Waals surface area contributed by atoms with E-state index < -0.39 is 0 Å². The molecule has 1 aromatic carbocycles. The first kappa shape index (κ1) is 9.73. The SMILES string of the molecule is CNN1C=CC=NC1Nc1ccccc1. The van der Waals surface area contributed by atoms with Gasteiger partial charge < -0.3 is 5.32 Å². The Hall–Kier alpha value is -1.81. The van der Waals surface area contributed by atoms with E-state index in [2.05, 4.69) is 15.7 Å². The average molecular weight is 202 g/mol. The van der Waals surface area contributed by atoms with Gasteiger partial charge in [0.25, 0.3) is 0 Å². The summed E-state index contributed by atoms with van der Waals surface area (Å²) in [5, 5.41) is 5.19. The summed E-state index contributed by atoms with van der Waals surface area (Å²) >= 11 is 0. The second-order valence-corrected chi connectivity index (χ2v) is 3.15. The third-order valence-corrected chi connectivity index (χ3v) is 2.15. The molecule has 0 aliphatic carbocycles. The summed E-state index contributed by atoms with van der Waals surface area (Å²) in [7, 11) is 1.87. The Bertz CT molecular complexity index is 358. The van der Waals surface area contributed by atoms with Crippen molar-refractivity contribution in [3.63, 3.8) is 0 Å². The third kappa shape index (κ3) is 2.35. The minimum Gasteiger partial charge on any atom is -0.346 e. The molecule has 0 fully saturated rings. The molecule has 1 aliphatic rings. The molecule has 78 valence electrons. The van der Waals surface area contributed by atoms with Gasteiger partial charge in [0.15, 0.2) is 0 Å². The van der Waals surface area contributed by atoms with Crippen LogP contribution >= 0.6 is 0 Å². The molecule has 0 radical (unpaired) electrons. The predicted octanol–water partition coefficient (Wildman–Crippen LogP) is 1.42. The molecular formula is C11H14N4. The van der Waals surface area contributed by atoms with Crippen LogP contribution in [0.15, 0.2) is 47.6 Å². The number of hydrogen-bond acceptors (Lipinski definition) is 4. The minimum absolute atomic E-state index is 0.0950.